The molecule has 88 valence electrons. The number of ether oxygens (including phenoxy) is 1. The predicted molar refractivity (Wildman–Crippen MR) is 58.9 cm³/mol. The summed E-state index contributed by atoms with van der Waals surface area (Å²) in [5.41, 5.74) is 0. The molecular weight excluding hydrogens is 192 g/mol. The van der Waals surface area contributed by atoms with Crippen molar-refractivity contribution in [2.24, 2.45) is 0 Å². The Morgan fingerprint density at radius 2 is 2.33 bits per heavy atom. The van der Waals surface area contributed by atoms with Gasteiger partial charge in [-0.1, -0.05) is 0 Å². The van der Waals surface area contributed by atoms with E-state index in [1.807, 2.05) is 0 Å². The van der Waals surface area contributed by atoms with E-state index in [4.69, 9.17) is 4.74 Å². The molecule has 4 nitrogen and oxygen atoms in total. The lowest BCUT2D eigenvalue weighted by Gasteiger charge is -2.28. The summed E-state index contributed by atoms with van der Waals surface area (Å²) in [4.78, 5) is 2.37. The fourth-order valence-corrected chi connectivity index (χ4v) is 2.72. The minimum absolute atomic E-state index is 0.152. The van der Waals surface area contributed by atoms with Crippen molar-refractivity contribution in [3.8, 4) is 0 Å². The van der Waals surface area contributed by atoms with Crippen molar-refractivity contribution in [1.29, 1.82) is 0 Å². The van der Waals surface area contributed by atoms with Gasteiger partial charge >= 0.3 is 0 Å². The average Bonchev–Trinajstić information content (AvgIpc) is 2.75. The fourth-order valence-electron chi connectivity index (χ4n) is 2.72. The standard InChI is InChI=1S/C11H22N2O2/c1-8-11(3-4-15-8)13(2)7-9-5-10(14)6-12-9/h8-12,14H,3-7H2,1-2H3. The Balaban J connectivity index is 1.78. The summed E-state index contributed by atoms with van der Waals surface area (Å²) in [6, 6.07) is 0.988. The van der Waals surface area contributed by atoms with Crippen LogP contribution < -0.4 is 5.32 Å². The lowest BCUT2D eigenvalue weighted by Crippen LogP contribution is -2.43. The van der Waals surface area contributed by atoms with E-state index in [0.717, 1.165) is 32.5 Å². The summed E-state index contributed by atoms with van der Waals surface area (Å²) >= 11 is 0. The van der Waals surface area contributed by atoms with E-state index >= 15 is 0 Å². The summed E-state index contributed by atoms with van der Waals surface area (Å²) in [6.45, 7) is 4.78. The first-order chi connectivity index (χ1) is 7.16. The van der Waals surface area contributed by atoms with Crippen molar-refractivity contribution >= 4 is 0 Å². The summed E-state index contributed by atoms with van der Waals surface area (Å²) in [5, 5.41) is 12.8. The third kappa shape index (κ3) is 2.69. The van der Waals surface area contributed by atoms with Crippen LogP contribution in [0.2, 0.25) is 0 Å². The van der Waals surface area contributed by atoms with Gasteiger partial charge in [0.25, 0.3) is 0 Å². The Morgan fingerprint density at radius 1 is 1.53 bits per heavy atom. The second-order valence-electron chi connectivity index (χ2n) is 4.87. The molecule has 2 fully saturated rings. The predicted octanol–water partition coefficient (Wildman–Crippen LogP) is -0.182. The largest absolute Gasteiger partial charge is 0.392 e. The van der Waals surface area contributed by atoms with Gasteiger partial charge in [-0.05, 0) is 26.8 Å². The molecule has 0 saturated carbocycles. The van der Waals surface area contributed by atoms with Crippen LogP contribution in [0.3, 0.4) is 0 Å². The van der Waals surface area contributed by atoms with E-state index in [9.17, 15) is 5.11 Å². The number of aliphatic hydroxyl groups is 1. The number of β-amino-alcohol motifs (C(OH)–C–C–N with tert-alkyl or cyclic N) is 1. The number of aliphatic hydroxyl groups excluding tert-OH is 1. The zero-order valence-corrected chi connectivity index (χ0v) is 9.65. The third-order valence-corrected chi connectivity index (χ3v) is 3.61. The fraction of sp³-hybridized carbons (Fsp3) is 1.00. The Hall–Kier alpha value is -0.160. The van der Waals surface area contributed by atoms with E-state index in [0.29, 0.717) is 18.2 Å². The molecule has 0 spiro atoms. The molecule has 0 aromatic rings. The van der Waals surface area contributed by atoms with Gasteiger partial charge in [-0.15, -0.1) is 0 Å². The number of hydrogen-bond donors (Lipinski definition) is 2. The molecule has 4 unspecified atom stereocenters. The maximum Gasteiger partial charge on any atom is 0.0702 e. The molecule has 0 amide bonds. The normalized spacial score (nSPS) is 41.6. The Labute approximate surface area is 91.6 Å². The highest BCUT2D eigenvalue weighted by molar-refractivity contribution is 4.87. The van der Waals surface area contributed by atoms with Crippen LogP contribution in [0, 0.1) is 0 Å². The molecule has 2 N–H and O–H groups in total. The number of likely N-dealkylation sites (N-methyl/N-ethyl adjacent to an activating group) is 1. The van der Waals surface area contributed by atoms with Crippen LogP contribution in [-0.4, -0.2) is 61.0 Å². The second kappa shape index (κ2) is 4.78. The van der Waals surface area contributed by atoms with Gasteiger partial charge in [-0.3, -0.25) is 4.90 Å². The van der Waals surface area contributed by atoms with Gasteiger partial charge in [0.2, 0.25) is 0 Å². The Bertz CT molecular complexity index is 213. The summed E-state index contributed by atoms with van der Waals surface area (Å²) < 4.78 is 5.56. The van der Waals surface area contributed by atoms with Gasteiger partial charge in [0.05, 0.1) is 12.2 Å². The molecule has 4 atom stereocenters. The summed E-state index contributed by atoms with van der Waals surface area (Å²) in [7, 11) is 2.15. The molecular formula is C11H22N2O2. The van der Waals surface area contributed by atoms with Crippen LogP contribution in [0.1, 0.15) is 19.8 Å². The monoisotopic (exact) mass is 214 g/mol. The van der Waals surface area contributed by atoms with E-state index < -0.39 is 0 Å². The molecule has 0 aromatic carbocycles. The van der Waals surface area contributed by atoms with Crippen molar-refractivity contribution in [2.75, 3.05) is 26.7 Å². The quantitative estimate of drug-likeness (QED) is 0.684. The molecule has 4 heteroatoms. The van der Waals surface area contributed by atoms with Gasteiger partial charge < -0.3 is 15.2 Å². The van der Waals surface area contributed by atoms with Crippen LogP contribution in [0.25, 0.3) is 0 Å². The van der Waals surface area contributed by atoms with Gasteiger partial charge in [-0.2, -0.15) is 0 Å². The van der Waals surface area contributed by atoms with Gasteiger partial charge in [0.1, 0.15) is 0 Å². The molecule has 15 heavy (non-hydrogen) atoms. The van der Waals surface area contributed by atoms with E-state index in [2.05, 4.69) is 24.2 Å². The lowest BCUT2D eigenvalue weighted by molar-refractivity contribution is 0.0805. The molecule has 2 saturated heterocycles. The average molecular weight is 214 g/mol. The highest BCUT2D eigenvalue weighted by Gasteiger charge is 2.30. The molecule has 0 aliphatic carbocycles. The van der Waals surface area contributed by atoms with Crippen LogP contribution in [0.15, 0.2) is 0 Å². The number of nitrogens with one attached hydrogen (secondary N) is 1. The summed E-state index contributed by atoms with van der Waals surface area (Å²) in [6.07, 6.45) is 2.21. The van der Waals surface area contributed by atoms with Gasteiger partial charge in [0, 0.05) is 31.8 Å². The van der Waals surface area contributed by atoms with E-state index in [1.54, 1.807) is 0 Å². The van der Waals surface area contributed by atoms with Crippen LogP contribution in [-0.2, 0) is 4.74 Å². The van der Waals surface area contributed by atoms with E-state index in [-0.39, 0.29) is 6.10 Å². The Morgan fingerprint density at radius 3 is 2.87 bits per heavy atom. The maximum atomic E-state index is 9.42. The first-order valence-electron chi connectivity index (χ1n) is 5.90. The maximum absolute atomic E-state index is 9.42. The van der Waals surface area contributed by atoms with Gasteiger partial charge in [0.15, 0.2) is 0 Å². The number of nitrogens with zero attached hydrogens (tertiary/aromatic N) is 1. The van der Waals surface area contributed by atoms with Crippen molar-refractivity contribution in [3.05, 3.63) is 0 Å². The minimum Gasteiger partial charge on any atom is -0.392 e. The SMILES string of the molecule is CC1OCCC1N(C)CC1CC(O)CN1. The van der Waals surface area contributed by atoms with Gasteiger partial charge in [-0.25, -0.2) is 0 Å². The van der Waals surface area contributed by atoms with Crippen LogP contribution >= 0.6 is 0 Å². The molecule has 2 aliphatic rings. The zero-order chi connectivity index (χ0) is 10.8. The molecule has 2 heterocycles. The second-order valence-corrected chi connectivity index (χ2v) is 4.87. The van der Waals surface area contributed by atoms with Crippen LogP contribution in [0.5, 0.6) is 0 Å². The lowest BCUT2D eigenvalue weighted by atomic mass is 10.1. The molecule has 0 bridgehead atoms. The Kier molecular flexibility index (Phi) is 3.61. The third-order valence-electron chi connectivity index (χ3n) is 3.61. The summed E-state index contributed by atoms with van der Waals surface area (Å²) in [5.74, 6) is 0. The van der Waals surface area contributed by atoms with Crippen molar-refractivity contribution in [3.63, 3.8) is 0 Å². The zero-order valence-electron chi connectivity index (χ0n) is 9.65. The molecule has 0 aromatic heterocycles. The molecule has 2 aliphatic heterocycles. The molecule has 0 radical (unpaired) electrons. The van der Waals surface area contributed by atoms with Crippen molar-refractivity contribution in [2.45, 2.75) is 44.1 Å². The van der Waals surface area contributed by atoms with Crippen molar-refractivity contribution < 1.29 is 9.84 Å². The number of hydrogen-bond acceptors (Lipinski definition) is 4. The highest BCUT2D eigenvalue weighted by Crippen LogP contribution is 2.19. The van der Waals surface area contributed by atoms with Crippen LogP contribution in [0.4, 0.5) is 0 Å². The molecule has 2 rings (SSSR count). The van der Waals surface area contributed by atoms with E-state index in [1.165, 1.54) is 0 Å². The van der Waals surface area contributed by atoms with Crippen molar-refractivity contribution in [1.82, 2.24) is 10.2 Å². The number of rotatable bonds is 3. The smallest absolute Gasteiger partial charge is 0.0702 e. The highest BCUT2D eigenvalue weighted by atomic mass is 16.5. The minimum atomic E-state index is -0.152. The first kappa shape index (κ1) is 11.3. The first-order valence-corrected chi connectivity index (χ1v) is 5.90. The topological polar surface area (TPSA) is 44.7 Å².